The molecule has 0 spiro atoms. The van der Waals surface area contributed by atoms with Crippen LogP contribution in [-0.4, -0.2) is 58.2 Å². The van der Waals surface area contributed by atoms with E-state index >= 15 is 0 Å². The maximum Gasteiger partial charge on any atom is 0.220 e. The Morgan fingerprint density at radius 3 is 1.54 bits per heavy atom. The number of nitrogens with one attached hydrogen (secondary N) is 1. The smallest absolute Gasteiger partial charge is 0.220 e. The van der Waals surface area contributed by atoms with E-state index in [1.807, 2.05) is 85.5 Å². The standard InChI is InChI=1S/C43H52N3O6S2.2ClH/c1-49-39-14-5-10-36(42(39)51-3)19-17-34-21-28-45(29-22-34)26-7-12-38(47)13-9-32-53-54-33-25-44-41(48)16-8-27-46-30-23-35(24-31-46)18-20-37-11-6-15-40(50-2)43(37)52-4;;/h5-6,10-11,14-15,17-24,28-31H,7-9,12-13,16,25-27,32-33H2,1-4H3;2*1H/q+1;;/p-1/b19-17+,20-18+;;. The van der Waals surface area contributed by atoms with Gasteiger partial charge in [0.15, 0.2) is 47.8 Å². The topological polar surface area (TPSA) is 90.9 Å². The number of ether oxygens (including phenoxy) is 4. The zero-order chi connectivity index (χ0) is 38.4. The molecule has 0 saturated heterocycles. The molecule has 2 aromatic heterocycles. The number of nitrogens with zero attached hydrogens (tertiary/aromatic N) is 2. The van der Waals surface area contributed by atoms with E-state index in [9.17, 15) is 9.59 Å². The molecular weight excluding hydrogens is 790 g/mol. The van der Waals surface area contributed by atoms with Gasteiger partial charge in [0.05, 0.1) is 28.4 Å². The lowest BCUT2D eigenvalue weighted by Crippen LogP contribution is -3.00. The third-order valence-corrected chi connectivity index (χ3v) is 11.1. The minimum absolute atomic E-state index is 0. The molecule has 13 heteroatoms. The van der Waals surface area contributed by atoms with Crippen molar-refractivity contribution in [3.8, 4) is 23.0 Å². The number of hydrogen-bond donors (Lipinski definition) is 1. The molecule has 0 radical (unpaired) electrons. The summed E-state index contributed by atoms with van der Waals surface area (Å²) in [6.07, 6.45) is 20.4. The number of aryl methyl sites for hydroxylation is 2. The summed E-state index contributed by atoms with van der Waals surface area (Å²) in [4.78, 5) is 24.7. The number of methoxy groups -OCH3 is 4. The van der Waals surface area contributed by atoms with Crippen LogP contribution in [0.3, 0.4) is 0 Å². The second kappa shape index (κ2) is 27.4. The van der Waals surface area contributed by atoms with Crippen molar-refractivity contribution >= 4 is 57.6 Å². The fourth-order valence-corrected chi connectivity index (χ4v) is 7.68. The highest BCUT2D eigenvalue weighted by molar-refractivity contribution is 8.76. The van der Waals surface area contributed by atoms with Gasteiger partial charge in [0.1, 0.15) is 18.9 Å². The largest absolute Gasteiger partial charge is 1.00 e. The summed E-state index contributed by atoms with van der Waals surface area (Å²) >= 11 is 0. The van der Waals surface area contributed by atoms with Gasteiger partial charge in [-0.05, 0) is 29.7 Å². The lowest BCUT2D eigenvalue weighted by Gasteiger charge is -2.09. The Balaban J connectivity index is 0.00000541. The molecule has 0 bridgehead atoms. The van der Waals surface area contributed by atoms with Gasteiger partial charge in [-0.3, -0.25) is 9.59 Å². The number of amides is 1. The third kappa shape index (κ3) is 16.5. The predicted octanol–water partition coefficient (Wildman–Crippen LogP) is 1.75. The fourth-order valence-electron chi connectivity index (χ4n) is 5.69. The molecule has 9 nitrogen and oxygen atoms in total. The molecule has 0 saturated carbocycles. The molecule has 302 valence electrons. The molecule has 0 aliphatic rings. The van der Waals surface area contributed by atoms with Crippen molar-refractivity contribution in [2.24, 2.45) is 0 Å². The number of aromatic nitrogens is 2. The van der Waals surface area contributed by atoms with Crippen LogP contribution in [0.25, 0.3) is 24.3 Å². The zero-order valence-electron chi connectivity index (χ0n) is 32.6. The van der Waals surface area contributed by atoms with Crippen LogP contribution in [0, 0.1) is 0 Å². The Morgan fingerprint density at radius 2 is 1.05 bits per heavy atom. The van der Waals surface area contributed by atoms with Gasteiger partial charge in [-0.1, -0.05) is 70.2 Å². The summed E-state index contributed by atoms with van der Waals surface area (Å²) in [5, 5.41) is 3.02. The first-order chi connectivity index (χ1) is 26.4. The van der Waals surface area contributed by atoms with Crippen LogP contribution in [0.2, 0.25) is 0 Å². The normalized spacial score (nSPS) is 10.8. The quantitative estimate of drug-likeness (QED) is 0.0650. The molecule has 0 aliphatic heterocycles. The molecule has 4 aromatic rings. The molecule has 1 amide bonds. The van der Waals surface area contributed by atoms with Gasteiger partial charge < -0.3 is 49.1 Å². The Morgan fingerprint density at radius 1 is 0.589 bits per heavy atom. The van der Waals surface area contributed by atoms with Crippen LogP contribution in [0.5, 0.6) is 23.0 Å². The number of benzene rings is 2. The zero-order valence-corrected chi connectivity index (χ0v) is 35.7. The summed E-state index contributed by atoms with van der Waals surface area (Å²) in [5.41, 5.74) is 4.05. The average molecular weight is 843 g/mol. The number of Topliss-reactive ketones (excluding diaryl/α,β-unsaturated/α-hetero) is 1. The second-order valence-corrected chi connectivity index (χ2v) is 15.1. The average Bonchev–Trinajstić information content (AvgIpc) is 3.20. The number of carbonyl (C=O) groups excluding carboxylic acids is 2. The Labute approximate surface area is 352 Å². The number of para-hydroxylation sites is 2. The van der Waals surface area contributed by atoms with Gasteiger partial charge in [0.2, 0.25) is 5.91 Å². The molecule has 56 heavy (non-hydrogen) atoms. The van der Waals surface area contributed by atoms with Gasteiger partial charge in [-0.15, -0.1) is 0 Å². The van der Waals surface area contributed by atoms with Crippen LogP contribution < -0.4 is 58.2 Å². The van der Waals surface area contributed by atoms with E-state index in [0.29, 0.717) is 54.6 Å². The molecule has 1 N–H and O–H groups in total. The highest BCUT2D eigenvalue weighted by atomic mass is 35.5. The van der Waals surface area contributed by atoms with E-state index in [-0.39, 0.29) is 30.7 Å². The van der Waals surface area contributed by atoms with Crippen LogP contribution >= 0.6 is 21.6 Å². The van der Waals surface area contributed by atoms with Crippen LogP contribution in [0.15, 0.2) is 85.5 Å². The third-order valence-electron chi connectivity index (χ3n) is 8.58. The predicted molar refractivity (Wildman–Crippen MR) is 221 cm³/mol. The van der Waals surface area contributed by atoms with Crippen molar-refractivity contribution in [3.05, 3.63) is 108 Å². The van der Waals surface area contributed by atoms with Crippen molar-refractivity contribution in [1.82, 2.24) is 5.32 Å². The van der Waals surface area contributed by atoms with E-state index in [2.05, 4.69) is 38.7 Å². The molecule has 4 rings (SSSR count). The van der Waals surface area contributed by atoms with Crippen molar-refractivity contribution in [3.63, 3.8) is 0 Å². The summed E-state index contributed by atoms with van der Waals surface area (Å²) in [7, 11) is 10.1. The van der Waals surface area contributed by atoms with Gasteiger partial charge in [0.25, 0.3) is 0 Å². The van der Waals surface area contributed by atoms with Crippen molar-refractivity contribution in [1.29, 1.82) is 0 Å². The van der Waals surface area contributed by atoms with Crippen LogP contribution in [0.1, 0.15) is 60.8 Å². The maximum absolute atomic E-state index is 12.4. The number of rotatable bonds is 24. The maximum atomic E-state index is 12.4. The molecular formula is C43H53Cl2N3O6S2. The van der Waals surface area contributed by atoms with Gasteiger partial charge in [0, 0.05) is 85.5 Å². The molecule has 2 heterocycles. The van der Waals surface area contributed by atoms with E-state index in [1.165, 1.54) is 0 Å². The number of carbonyl (C=O) groups is 2. The first kappa shape index (κ1) is 48.0. The number of ketones is 1. The molecule has 0 fully saturated rings. The first-order valence-corrected chi connectivity index (χ1v) is 20.7. The monoisotopic (exact) mass is 841 g/mol. The summed E-state index contributed by atoms with van der Waals surface area (Å²) < 4.78 is 26.0. The van der Waals surface area contributed by atoms with E-state index in [1.54, 1.807) is 50.0 Å². The van der Waals surface area contributed by atoms with E-state index < -0.39 is 0 Å². The minimum Gasteiger partial charge on any atom is -1.00 e. The number of pyridine rings is 2. The highest BCUT2D eigenvalue weighted by Gasteiger charge is 2.10. The summed E-state index contributed by atoms with van der Waals surface area (Å²) in [6, 6.07) is 19.9. The van der Waals surface area contributed by atoms with Crippen molar-refractivity contribution in [2.75, 3.05) is 46.5 Å². The van der Waals surface area contributed by atoms with Crippen molar-refractivity contribution in [2.45, 2.75) is 51.6 Å². The van der Waals surface area contributed by atoms with Crippen LogP contribution in [0.4, 0.5) is 0 Å². The number of halogens is 2. The first-order valence-electron chi connectivity index (χ1n) is 18.2. The Hall–Kier alpha value is -4.16. The fraction of sp³-hybridized carbons (Fsp3) is 0.349. The van der Waals surface area contributed by atoms with Crippen molar-refractivity contribution < 1.29 is 62.5 Å². The van der Waals surface area contributed by atoms with E-state index in [0.717, 1.165) is 66.1 Å². The molecule has 2 aromatic carbocycles. The summed E-state index contributed by atoms with van der Waals surface area (Å²) in [6.45, 7) is 2.23. The van der Waals surface area contributed by atoms with Crippen LogP contribution in [-0.2, 0) is 22.7 Å². The Kier molecular flexibility index (Phi) is 23.5. The summed E-state index contributed by atoms with van der Waals surface area (Å²) in [5.74, 6) is 4.99. The lowest BCUT2D eigenvalue weighted by atomic mass is 10.1. The molecule has 0 atom stereocenters. The van der Waals surface area contributed by atoms with Gasteiger partial charge in [-0.2, -0.15) is 0 Å². The number of hydrogen-bond acceptors (Lipinski definition) is 8. The lowest BCUT2D eigenvalue weighted by molar-refractivity contribution is -0.697. The SMILES string of the molecule is COc1cccc(/C=C/c2cc[n+](CCCC(=O)CCCSSCCNC(=O)CCC[n+]3ccc(/C=C/c4cccc(OC)c4OC)cc3)cc2)c1OC.[Cl-].[Cl-]. The highest BCUT2D eigenvalue weighted by Crippen LogP contribution is 2.33. The molecule has 0 aliphatic carbocycles. The van der Waals surface area contributed by atoms with E-state index in [4.69, 9.17) is 18.9 Å². The van der Waals surface area contributed by atoms with Gasteiger partial charge in [-0.25, -0.2) is 9.13 Å². The Bertz CT molecular complexity index is 1690. The minimum atomic E-state index is 0. The second-order valence-electron chi connectivity index (χ2n) is 12.4. The van der Waals surface area contributed by atoms with Gasteiger partial charge >= 0.3 is 0 Å². The molecule has 0 unspecified atom stereocenters.